The molecule has 0 aliphatic rings. The Morgan fingerprint density at radius 2 is 1.73 bits per heavy atom. The van der Waals surface area contributed by atoms with Crippen LogP contribution >= 0.6 is 24.4 Å². The van der Waals surface area contributed by atoms with Crippen molar-refractivity contribution in [3.05, 3.63) is 9.02 Å². The molecule has 0 aliphatic carbocycles. The second-order valence-electron chi connectivity index (χ2n) is 2.43. The maximum atomic E-state index is 5.05. The lowest BCUT2D eigenvalue weighted by Gasteiger charge is -2.19. The van der Waals surface area contributed by atoms with Gasteiger partial charge in [-0.25, -0.2) is 0 Å². The molecule has 1 aromatic carbocycles. The Bertz CT molecular complexity index is 336. The van der Waals surface area contributed by atoms with Gasteiger partial charge in [-0.15, -0.1) is 0 Å². The third kappa shape index (κ3) is 1.16. The fourth-order valence-electron chi connectivity index (χ4n) is 0.954. The predicted molar refractivity (Wildman–Crippen MR) is 51.4 cm³/mol. The van der Waals surface area contributed by atoms with Crippen LogP contribution in [-0.2, 0) is 0 Å². The smallest absolute Gasteiger partial charge is 0.163 e. The minimum absolute atomic E-state index is 0.672. The van der Waals surface area contributed by atoms with Gasteiger partial charge in [0.2, 0.25) is 0 Å². The van der Waals surface area contributed by atoms with Crippen LogP contribution in [0.3, 0.4) is 0 Å². The van der Waals surface area contributed by atoms with Crippen molar-refractivity contribution in [1.82, 2.24) is 0 Å². The molecule has 1 rings (SSSR count). The first-order chi connectivity index (χ1) is 5.09. The Morgan fingerprint density at radius 3 is 2.00 bits per heavy atom. The largest absolute Gasteiger partial charge is 0.493 e. The number of anilines is 1. The maximum Gasteiger partial charge on any atom is 0.163 e. The zero-order chi connectivity index (χ0) is 8.59. The summed E-state index contributed by atoms with van der Waals surface area (Å²) >= 11 is 10.00. The average Bonchev–Trinajstić information content (AvgIpc) is 1.96. The summed E-state index contributed by atoms with van der Waals surface area (Å²) in [4.78, 5) is 1.91. The highest BCUT2D eigenvalue weighted by Gasteiger charge is 2.16. The van der Waals surface area contributed by atoms with E-state index in [9.17, 15) is 0 Å². The van der Waals surface area contributed by atoms with Crippen molar-refractivity contribution in [2.45, 2.75) is 0 Å². The van der Waals surface area contributed by atoms with E-state index in [4.69, 9.17) is 29.2 Å². The van der Waals surface area contributed by atoms with Crippen LogP contribution in [0.25, 0.3) is 0 Å². The summed E-state index contributed by atoms with van der Waals surface area (Å²) in [6.07, 6.45) is 0. The first-order valence-electron chi connectivity index (χ1n) is 3.14. The summed E-state index contributed by atoms with van der Waals surface area (Å²) in [7, 11) is 5.44. The van der Waals surface area contributed by atoms with Crippen LogP contribution in [-0.4, -0.2) is 21.2 Å². The Balaban J connectivity index is 3.19. The lowest BCUT2D eigenvalue weighted by molar-refractivity contribution is 0.410. The van der Waals surface area contributed by atoms with E-state index >= 15 is 0 Å². The maximum absolute atomic E-state index is 5.05. The minimum atomic E-state index is 0.672. The number of nitrogens with zero attached hydrogens (tertiary/aromatic N) is 1. The summed E-state index contributed by atoms with van der Waals surface area (Å²) in [6, 6.07) is 0. The molecular formula is C7H9NOS2. The van der Waals surface area contributed by atoms with Crippen LogP contribution in [0, 0.1) is 9.02 Å². The summed E-state index contributed by atoms with van der Waals surface area (Å²) in [6.45, 7) is 0. The zero-order valence-corrected chi connectivity index (χ0v) is 8.30. The highest BCUT2D eigenvalue weighted by Crippen LogP contribution is 2.36. The molecule has 0 heterocycles. The third-order valence-electron chi connectivity index (χ3n) is 1.49. The van der Waals surface area contributed by atoms with Gasteiger partial charge in [-0.3, -0.25) is 0 Å². The Hall–Kier alpha value is -0.480. The molecular weight excluding hydrogens is 178 g/mol. The van der Waals surface area contributed by atoms with E-state index in [1.807, 2.05) is 19.0 Å². The van der Waals surface area contributed by atoms with Gasteiger partial charge in [0.15, 0.2) is 5.75 Å². The summed E-state index contributed by atoms with van der Waals surface area (Å²) in [5.41, 5.74) is 0.938. The molecule has 11 heavy (non-hydrogen) atoms. The quantitative estimate of drug-likeness (QED) is 0.657. The van der Waals surface area contributed by atoms with Gasteiger partial charge in [-0.05, 0) is 0 Å². The predicted octanol–water partition coefficient (Wildman–Crippen LogP) is 2.10. The molecule has 0 saturated heterocycles. The van der Waals surface area contributed by atoms with Crippen molar-refractivity contribution in [3.8, 4) is 5.75 Å². The van der Waals surface area contributed by atoms with Gasteiger partial charge in [0.25, 0.3) is 0 Å². The Kier molecular flexibility index (Phi) is 2.25. The van der Waals surface area contributed by atoms with Crippen LogP contribution in [0.2, 0.25) is 0 Å². The van der Waals surface area contributed by atoms with Crippen LogP contribution in [0.15, 0.2) is 0 Å². The van der Waals surface area contributed by atoms with Crippen LogP contribution in [0.1, 0.15) is 0 Å². The van der Waals surface area contributed by atoms with E-state index < -0.39 is 0 Å². The molecule has 0 atom stereocenters. The lowest BCUT2D eigenvalue weighted by Crippen LogP contribution is -2.13. The first-order valence-corrected chi connectivity index (χ1v) is 3.96. The molecule has 0 radical (unpaired) electrons. The molecule has 0 aromatic heterocycles. The van der Waals surface area contributed by atoms with Crippen molar-refractivity contribution in [2.24, 2.45) is 0 Å². The van der Waals surface area contributed by atoms with Gasteiger partial charge in [0.05, 0.1) is 11.6 Å². The van der Waals surface area contributed by atoms with E-state index in [-0.39, 0.29) is 0 Å². The number of hydrogen-bond acceptors (Lipinski definition) is 4. The normalized spacial score (nSPS) is 10.1. The van der Waals surface area contributed by atoms with Crippen LogP contribution in [0.5, 0.6) is 5.75 Å². The molecule has 0 N–H and O–H groups in total. The van der Waals surface area contributed by atoms with Gasteiger partial charge in [0, 0.05) is 14.1 Å². The number of rotatable bonds is 2. The summed E-state index contributed by atoms with van der Waals surface area (Å²) < 4.78 is 6.46. The molecule has 4 heteroatoms. The summed E-state index contributed by atoms with van der Waals surface area (Å²) in [5.74, 6) is 0.745. The zero-order valence-electron chi connectivity index (χ0n) is 6.67. The number of methoxy groups -OCH3 is 1. The van der Waals surface area contributed by atoms with Gasteiger partial charge in [-0.1, -0.05) is 24.4 Å². The Labute approximate surface area is 76.1 Å². The van der Waals surface area contributed by atoms with Crippen molar-refractivity contribution in [1.29, 1.82) is 0 Å². The topological polar surface area (TPSA) is 12.5 Å². The van der Waals surface area contributed by atoms with Gasteiger partial charge in [0.1, 0.15) is 10.2 Å². The third-order valence-corrected chi connectivity index (χ3v) is 2.41. The lowest BCUT2D eigenvalue weighted by atomic mass is 10.2. The van der Waals surface area contributed by atoms with E-state index in [2.05, 4.69) is 0 Å². The van der Waals surface area contributed by atoms with E-state index in [1.165, 1.54) is 0 Å². The van der Waals surface area contributed by atoms with Crippen molar-refractivity contribution < 1.29 is 4.74 Å². The molecule has 0 aliphatic heterocycles. The average molecular weight is 187 g/mol. The van der Waals surface area contributed by atoms with Crippen molar-refractivity contribution in [3.63, 3.8) is 0 Å². The van der Waals surface area contributed by atoms with Crippen LogP contribution < -0.4 is 9.64 Å². The SMILES string of the molecule is COc1c(N(C)C)c(=S)c1=S. The molecule has 0 fully saturated rings. The van der Waals surface area contributed by atoms with Crippen molar-refractivity contribution in [2.75, 3.05) is 26.1 Å². The molecule has 60 valence electrons. The molecule has 0 unspecified atom stereocenters. The number of ether oxygens (including phenoxy) is 1. The van der Waals surface area contributed by atoms with Crippen LogP contribution in [0.4, 0.5) is 5.69 Å². The summed E-state index contributed by atoms with van der Waals surface area (Å²) in [5, 5.41) is 0. The second kappa shape index (κ2) is 2.87. The molecule has 0 amide bonds. The van der Waals surface area contributed by atoms with Gasteiger partial charge in [-0.2, -0.15) is 0 Å². The monoisotopic (exact) mass is 187 g/mol. The fraction of sp³-hybridized carbons (Fsp3) is 0.429. The highest BCUT2D eigenvalue weighted by molar-refractivity contribution is 7.74. The van der Waals surface area contributed by atoms with Gasteiger partial charge >= 0.3 is 0 Å². The molecule has 0 bridgehead atoms. The van der Waals surface area contributed by atoms with Crippen molar-refractivity contribution >= 4 is 30.1 Å². The molecule has 1 aromatic rings. The van der Waals surface area contributed by atoms with E-state index in [1.54, 1.807) is 7.11 Å². The first kappa shape index (κ1) is 8.62. The Morgan fingerprint density at radius 1 is 1.18 bits per heavy atom. The fourth-order valence-corrected chi connectivity index (χ4v) is 1.60. The standard InChI is InChI=1S/C7H9NOS2/c1-8(2)4-5(9-3)7(11)6(4)10/h1-3H3. The second-order valence-corrected chi connectivity index (χ2v) is 3.25. The minimum Gasteiger partial charge on any atom is -0.493 e. The van der Waals surface area contributed by atoms with Gasteiger partial charge < -0.3 is 9.64 Å². The van der Waals surface area contributed by atoms with E-state index in [0.29, 0.717) is 4.51 Å². The molecule has 0 saturated carbocycles. The molecule has 2 nitrogen and oxygen atoms in total. The number of hydrogen-bond donors (Lipinski definition) is 0. The molecule has 0 spiro atoms. The van der Waals surface area contributed by atoms with E-state index in [0.717, 1.165) is 15.9 Å². The highest BCUT2D eigenvalue weighted by atomic mass is 32.1.